The highest BCUT2D eigenvalue weighted by Crippen LogP contribution is 2.25. The molecule has 2 heterocycles. The van der Waals surface area contributed by atoms with E-state index in [0.29, 0.717) is 27.7 Å². The quantitative estimate of drug-likeness (QED) is 0.281. The molecule has 0 aliphatic rings. The molecule has 6 nitrogen and oxygen atoms in total. The minimum atomic E-state index is -0.132. The van der Waals surface area contributed by atoms with Gasteiger partial charge in [-0.15, -0.1) is 11.3 Å². The summed E-state index contributed by atoms with van der Waals surface area (Å²) in [7, 11) is 1.61. The van der Waals surface area contributed by atoms with Crippen molar-refractivity contribution in [1.82, 2.24) is 9.55 Å². The van der Waals surface area contributed by atoms with Crippen LogP contribution in [-0.4, -0.2) is 28.3 Å². The molecular formula is C25H25N3O3S2. The molecule has 0 bridgehead atoms. The Morgan fingerprint density at radius 3 is 2.73 bits per heavy atom. The molecule has 33 heavy (non-hydrogen) atoms. The van der Waals surface area contributed by atoms with Gasteiger partial charge >= 0.3 is 0 Å². The van der Waals surface area contributed by atoms with Gasteiger partial charge in [-0.3, -0.25) is 14.2 Å². The van der Waals surface area contributed by atoms with Crippen molar-refractivity contribution in [3.8, 4) is 5.75 Å². The summed E-state index contributed by atoms with van der Waals surface area (Å²) in [6.07, 6.45) is 0.833. The summed E-state index contributed by atoms with van der Waals surface area (Å²) in [5, 5.41) is 5.41. The van der Waals surface area contributed by atoms with Gasteiger partial charge in [0.05, 0.1) is 24.9 Å². The fourth-order valence-corrected chi connectivity index (χ4v) is 5.26. The second-order valence-corrected chi connectivity index (χ2v) is 9.39. The van der Waals surface area contributed by atoms with Gasteiger partial charge < -0.3 is 10.1 Å². The Labute approximate surface area is 200 Å². The lowest BCUT2D eigenvalue weighted by Gasteiger charge is -2.15. The van der Waals surface area contributed by atoms with Crippen LogP contribution in [0.25, 0.3) is 10.2 Å². The number of thioether (sulfide) groups is 1. The molecule has 4 rings (SSSR count). The highest BCUT2D eigenvalue weighted by Gasteiger charge is 2.17. The van der Waals surface area contributed by atoms with Gasteiger partial charge in [-0.1, -0.05) is 55.1 Å². The summed E-state index contributed by atoms with van der Waals surface area (Å²) in [6, 6.07) is 15.4. The van der Waals surface area contributed by atoms with Crippen molar-refractivity contribution in [2.24, 2.45) is 0 Å². The molecule has 8 heteroatoms. The maximum Gasteiger partial charge on any atom is 0.272 e. The number of thiophene rings is 1. The Morgan fingerprint density at radius 1 is 1.15 bits per heavy atom. The fourth-order valence-electron chi connectivity index (χ4n) is 3.68. The summed E-state index contributed by atoms with van der Waals surface area (Å²) >= 11 is 2.64. The van der Waals surface area contributed by atoms with Gasteiger partial charge in [-0.2, -0.15) is 0 Å². The first-order chi connectivity index (χ1) is 16.0. The first-order valence-corrected chi connectivity index (χ1v) is 12.5. The smallest absolute Gasteiger partial charge is 0.272 e. The number of carbonyl (C=O) groups is 1. The van der Waals surface area contributed by atoms with Crippen molar-refractivity contribution in [3.05, 3.63) is 81.0 Å². The van der Waals surface area contributed by atoms with E-state index in [0.717, 1.165) is 28.8 Å². The normalized spacial score (nSPS) is 11.0. The SMILES string of the molecule is CCc1cccc(C)c1NC(=O)CSc1nc2ccsc2c(=O)n1Cc1ccccc1OC. The molecule has 0 atom stereocenters. The largest absolute Gasteiger partial charge is 0.496 e. The van der Waals surface area contributed by atoms with Gasteiger partial charge in [-0.25, -0.2) is 4.98 Å². The predicted octanol–water partition coefficient (Wildman–Crippen LogP) is 5.12. The van der Waals surface area contributed by atoms with Crippen molar-refractivity contribution in [2.75, 3.05) is 18.2 Å². The van der Waals surface area contributed by atoms with Crippen molar-refractivity contribution in [2.45, 2.75) is 32.0 Å². The lowest BCUT2D eigenvalue weighted by atomic mass is 10.1. The molecule has 2 aromatic heterocycles. The molecule has 0 unspecified atom stereocenters. The molecule has 170 valence electrons. The number of methoxy groups -OCH3 is 1. The number of carbonyl (C=O) groups excluding carboxylic acids is 1. The van der Waals surface area contributed by atoms with Crippen molar-refractivity contribution < 1.29 is 9.53 Å². The van der Waals surface area contributed by atoms with Crippen LogP contribution in [0.4, 0.5) is 5.69 Å². The van der Waals surface area contributed by atoms with Crippen molar-refractivity contribution in [3.63, 3.8) is 0 Å². The molecule has 0 radical (unpaired) electrons. The number of para-hydroxylation sites is 2. The monoisotopic (exact) mass is 479 g/mol. The van der Waals surface area contributed by atoms with Crippen molar-refractivity contribution in [1.29, 1.82) is 0 Å². The maximum absolute atomic E-state index is 13.3. The Morgan fingerprint density at radius 2 is 1.94 bits per heavy atom. The number of aryl methyl sites for hydroxylation is 2. The van der Waals surface area contributed by atoms with Crippen LogP contribution in [0.3, 0.4) is 0 Å². The van der Waals surface area contributed by atoms with Crippen LogP contribution >= 0.6 is 23.1 Å². The lowest BCUT2D eigenvalue weighted by Crippen LogP contribution is -2.24. The van der Waals surface area contributed by atoms with E-state index in [2.05, 4.69) is 12.2 Å². The van der Waals surface area contributed by atoms with E-state index in [1.165, 1.54) is 23.1 Å². The topological polar surface area (TPSA) is 73.2 Å². The molecule has 4 aromatic rings. The Bertz CT molecular complexity index is 1360. The number of nitrogens with one attached hydrogen (secondary N) is 1. The summed E-state index contributed by atoms with van der Waals surface area (Å²) in [4.78, 5) is 30.8. The molecule has 2 aromatic carbocycles. The molecule has 1 N–H and O–H groups in total. The molecule has 0 fully saturated rings. The van der Waals surface area contributed by atoms with E-state index in [-0.39, 0.29) is 17.2 Å². The van der Waals surface area contributed by atoms with Gasteiger partial charge in [0.1, 0.15) is 10.4 Å². The molecule has 0 saturated heterocycles. The highest BCUT2D eigenvalue weighted by atomic mass is 32.2. The minimum absolute atomic E-state index is 0.115. The van der Waals surface area contributed by atoms with Gasteiger partial charge in [0, 0.05) is 11.3 Å². The van der Waals surface area contributed by atoms with Gasteiger partial charge in [-0.05, 0) is 42.0 Å². The number of hydrogen-bond donors (Lipinski definition) is 1. The number of rotatable bonds is 8. The third kappa shape index (κ3) is 4.96. The standard InChI is InChI=1S/C25H25N3O3S2/c1-4-17-10-7-8-16(2)22(17)27-21(29)15-33-25-26-19-12-13-32-23(19)24(30)28(25)14-18-9-5-6-11-20(18)31-3/h5-13H,4,14-15H2,1-3H3,(H,27,29). The first-order valence-electron chi connectivity index (χ1n) is 10.6. The van der Waals surface area contributed by atoms with E-state index >= 15 is 0 Å². The second-order valence-electron chi connectivity index (χ2n) is 7.53. The fraction of sp³-hybridized carbons (Fsp3) is 0.240. The molecule has 0 aliphatic carbocycles. The molecule has 0 saturated carbocycles. The molecule has 1 amide bonds. The Hall–Kier alpha value is -3.10. The summed E-state index contributed by atoms with van der Waals surface area (Å²) < 4.78 is 7.69. The number of nitrogens with zero attached hydrogens (tertiary/aromatic N) is 2. The number of fused-ring (bicyclic) bond motifs is 1. The van der Waals surface area contributed by atoms with Crippen LogP contribution in [0.2, 0.25) is 0 Å². The highest BCUT2D eigenvalue weighted by molar-refractivity contribution is 7.99. The van der Waals surface area contributed by atoms with Crippen LogP contribution in [0.1, 0.15) is 23.6 Å². The summed E-state index contributed by atoms with van der Waals surface area (Å²) in [5.41, 5.74) is 4.39. The van der Waals surface area contributed by atoms with Crippen LogP contribution in [0.15, 0.2) is 63.9 Å². The van der Waals surface area contributed by atoms with Crippen LogP contribution in [0, 0.1) is 6.92 Å². The first kappa shape index (κ1) is 23.1. The number of anilines is 1. The van der Waals surface area contributed by atoms with Gasteiger partial charge in [0.25, 0.3) is 5.56 Å². The average Bonchev–Trinajstić information content (AvgIpc) is 3.30. The van der Waals surface area contributed by atoms with Gasteiger partial charge in [0.2, 0.25) is 5.91 Å². The van der Waals surface area contributed by atoms with Crippen LogP contribution in [0.5, 0.6) is 5.75 Å². The average molecular weight is 480 g/mol. The number of aromatic nitrogens is 2. The molecule has 0 spiro atoms. The maximum atomic E-state index is 13.3. The zero-order valence-electron chi connectivity index (χ0n) is 18.8. The van der Waals surface area contributed by atoms with Crippen molar-refractivity contribution >= 4 is 44.9 Å². The second kappa shape index (κ2) is 10.2. The number of amides is 1. The molecule has 0 aliphatic heterocycles. The Kier molecular flexibility index (Phi) is 7.15. The molecular weight excluding hydrogens is 454 g/mol. The number of benzene rings is 2. The van der Waals surface area contributed by atoms with Gasteiger partial charge in [0.15, 0.2) is 5.16 Å². The zero-order chi connectivity index (χ0) is 23.4. The van der Waals surface area contributed by atoms with Crippen LogP contribution in [-0.2, 0) is 17.8 Å². The van der Waals surface area contributed by atoms with E-state index in [1.54, 1.807) is 11.7 Å². The predicted molar refractivity (Wildman–Crippen MR) is 136 cm³/mol. The minimum Gasteiger partial charge on any atom is -0.496 e. The zero-order valence-corrected chi connectivity index (χ0v) is 20.4. The van der Waals surface area contributed by atoms with E-state index in [1.807, 2.05) is 60.8 Å². The third-order valence-corrected chi connectivity index (χ3v) is 7.26. The third-order valence-electron chi connectivity index (χ3n) is 5.39. The number of hydrogen-bond acceptors (Lipinski definition) is 6. The lowest BCUT2D eigenvalue weighted by molar-refractivity contribution is -0.113. The van der Waals surface area contributed by atoms with E-state index in [9.17, 15) is 9.59 Å². The van der Waals surface area contributed by atoms with Crippen LogP contribution < -0.4 is 15.6 Å². The van der Waals surface area contributed by atoms with E-state index in [4.69, 9.17) is 9.72 Å². The number of ether oxygens (including phenoxy) is 1. The summed E-state index contributed by atoms with van der Waals surface area (Å²) in [5.74, 6) is 0.717. The summed E-state index contributed by atoms with van der Waals surface area (Å²) in [6.45, 7) is 4.36. The van der Waals surface area contributed by atoms with E-state index < -0.39 is 0 Å². The Balaban J connectivity index is 1.62.